The monoisotopic (exact) mass is 673 g/mol. The molecule has 0 spiro atoms. The van der Waals surface area contributed by atoms with Gasteiger partial charge in [-0.2, -0.15) is 0 Å². The third-order valence-corrected chi connectivity index (χ3v) is 10.2. The number of methoxy groups -OCH3 is 2. The molecule has 4 amide bonds. The minimum absolute atomic E-state index is 0.0122. The lowest BCUT2D eigenvalue weighted by molar-refractivity contribution is -0.151. The molecular weight excluding hydrogens is 614 g/mol. The molecule has 1 aromatic carbocycles. The van der Waals surface area contributed by atoms with Crippen molar-refractivity contribution < 1.29 is 33.4 Å². The van der Waals surface area contributed by atoms with Gasteiger partial charge >= 0.3 is 0 Å². The lowest BCUT2D eigenvalue weighted by Crippen LogP contribution is -2.69. The molecular formula is C36H59N5O7. The van der Waals surface area contributed by atoms with Crippen molar-refractivity contribution in [3.05, 3.63) is 35.9 Å². The fraction of sp³-hybridized carbons (Fsp3) is 0.722. The Bertz CT molecular complexity index is 1210. The van der Waals surface area contributed by atoms with Crippen molar-refractivity contribution in [2.24, 2.45) is 23.5 Å². The summed E-state index contributed by atoms with van der Waals surface area (Å²) in [4.78, 5) is 57.6. The molecule has 0 bridgehead atoms. The van der Waals surface area contributed by atoms with Crippen LogP contribution in [0.15, 0.2) is 30.3 Å². The Morgan fingerprint density at radius 3 is 2.29 bits per heavy atom. The van der Waals surface area contributed by atoms with Crippen LogP contribution in [0.4, 0.5) is 0 Å². The highest BCUT2D eigenvalue weighted by Gasteiger charge is 2.46. The van der Waals surface area contributed by atoms with Crippen LogP contribution in [0.2, 0.25) is 0 Å². The Labute approximate surface area is 286 Å². The number of amides is 4. The Morgan fingerprint density at radius 2 is 1.75 bits per heavy atom. The van der Waals surface area contributed by atoms with Gasteiger partial charge in [-0.15, -0.1) is 0 Å². The molecule has 2 heterocycles. The zero-order valence-corrected chi connectivity index (χ0v) is 30.2. The van der Waals surface area contributed by atoms with Crippen molar-refractivity contribution in [1.29, 1.82) is 0 Å². The fourth-order valence-corrected chi connectivity index (χ4v) is 6.91. The van der Waals surface area contributed by atoms with Crippen molar-refractivity contribution in [3.63, 3.8) is 0 Å². The van der Waals surface area contributed by atoms with Gasteiger partial charge in [-0.1, -0.05) is 71.4 Å². The van der Waals surface area contributed by atoms with Gasteiger partial charge in [0.2, 0.25) is 23.6 Å². The van der Waals surface area contributed by atoms with Crippen LogP contribution in [0.25, 0.3) is 0 Å². The molecule has 0 unspecified atom stereocenters. The number of nitrogens with zero attached hydrogens (tertiary/aromatic N) is 2. The van der Waals surface area contributed by atoms with Gasteiger partial charge in [0.25, 0.3) is 0 Å². The van der Waals surface area contributed by atoms with E-state index in [1.165, 1.54) is 0 Å². The smallest absolute Gasteiger partial charge is 0.245 e. The van der Waals surface area contributed by atoms with Crippen LogP contribution in [0.5, 0.6) is 0 Å². The van der Waals surface area contributed by atoms with Crippen LogP contribution in [-0.4, -0.2) is 117 Å². The van der Waals surface area contributed by atoms with Crippen molar-refractivity contribution in [2.45, 2.75) is 103 Å². The molecule has 2 saturated heterocycles. The topological polar surface area (TPSA) is 153 Å². The number of likely N-dealkylation sites (tertiary alicyclic amines) is 1. The first-order valence-corrected chi connectivity index (χ1v) is 17.4. The Hall–Kier alpha value is -3.06. The van der Waals surface area contributed by atoms with Gasteiger partial charge in [0.1, 0.15) is 11.6 Å². The molecule has 3 rings (SSSR count). The number of rotatable bonds is 18. The average Bonchev–Trinajstić information content (AvgIpc) is 3.55. The molecule has 2 aliphatic rings. The minimum Gasteiger partial charge on any atom is -0.379 e. The number of benzene rings is 1. The highest BCUT2D eigenvalue weighted by Crippen LogP contribution is 2.29. The van der Waals surface area contributed by atoms with Crippen molar-refractivity contribution in [2.75, 3.05) is 47.6 Å². The first kappa shape index (κ1) is 39.4. The van der Waals surface area contributed by atoms with E-state index in [9.17, 15) is 19.2 Å². The molecule has 4 N–H and O–H groups in total. The number of likely N-dealkylation sites (N-methyl/N-ethyl adjacent to an activating group) is 1. The Balaban J connectivity index is 1.71. The summed E-state index contributed by atoms with van der Waals surface area (Å²) in [5.74, 6) is -1.60. The second kappa shape index (κ2) is 18.1. The lowest BCUT2D eigenvalue weighted by Gasteiger charge is -2.42. The van der Waals surface area contributed by atoms with Crippen LogP contribution in [-0.2, 0) is 39.8 Å². The SMILES string of the molecule is CC[C@H](C)[C@@H]([C@@H](CC(=O)N1CCC[C@H]1[C@H](OC)[C@@H](C)C(=O)NCCc1ccccc1)OC)N(C)C(=O)[C@@H](NC(=O)C1(N)COC1)C(C)C. The van der Waals surface area contributed by atoms with Gasteiger partial charge in [0, 0.05) is 34.4 Å². The molecule has 1 aromatic rings. The van der Waals surface area contributed by atoms with Gasteiger partial charge in [-0.3, -0.25) is 19.2 Å². The number of hydrogen-bond donors (Lipinski definition) is 3. The number of carbonyl (C=O) groups is 4. The van der Waals surface area contributed by atoms with E-state index in [-0.39, 0.29) is 55.2 Å². The predicted octanol–water partition coefficient (Wildman–Crippen LogP) is 2.13. The first-order valence-electron chi connectivity index (χ1n) is 17.4. The summed E-state index contributed by atoms with van der Waals surface area (Å²) in [7, 11) is 4.86. The largest absolute Gasteiger partial charge is 0.379 e. The third kappa shape index (κ3) is 9.55. The van der Waals surface area contributed by atoms with Gasteiger partial charge in [0.15, 0.2) is 0 Å². The Kier molecular flexibility index (Phi) is 14.8. The van der Waals surface area contributed by atoms with Gasteiger partial charge in [0.05, 0.1) is 49.8 Å². The summed E-state index contributed by atoms with van der Waals surface area (Å²) in [5, 5.41) is 5.90. The number of nitrogens with one attached hydrogen (secondary N) is 2. The summed E-state index contributed by atoms with van der Waals surface area (Å²) < 4.78 is 17.0. The van der Waals surface area contributed by atoms with Gasteiger partial charge in [-0.25, -0.2) is 0 Å². The molecule has 12 nitrogen and oxygen atoms in total. The Morgan fingerprint density at radius 1 is 1.08 bits per heavy atom. The molecule has 7 atom stereocenters. The second-order valence-electron chi connectivity index (χ2n) is 14.0. The molecule has 2 fully saturated rings. The first-order chi connectivity index (χ1) is 22.8. The molecule has 0 aliphatic carbocycles. The third-order valence-electron chi connectivity index (χ3n) is 10.2. The number of nitrogens with two attached hydrogens (primary N) is 1. The minimum atomic E-state index is -1.14. The van der Waals surface area contributed by atoms with Gasteiger partial charge in [-0.05, 0) is 36.7 Å². The summed E-state index contributed by atoms with van der Waals surface area (Å²) in [6.45, 7) is 10.9. The highest BCUT2D eigenvalue weighted by molar-refractivity contribution is 5.93. The standard InChI is InChI=1S/C36H59N5O7/c1-9-24(4)31(40(6)34(44)30(23(2)3)39-35(45)36(37)21-48-22-36)28(46-7)20-29(42)41-19-13-16-27(41)32(47-8)25(5)33(43)38-18-17-26-14-11-10-12-15-26/h10-12,14-15,23-25,27-28,30-32H,9,13,16-22,37H2,1-8H3,(H,38,43)(H,39,45)/t24-,25+,27-,28+,30-,31-,32+/m0/s1. The van der Waals surface area contributed by atoms with Crippen LogP contribution in [0, 0.1) is 17.8 Å². The van der Waals surface area contributed by atoms with E-state index in [4.69, 9.17) is 19.9 Å². The highest BCUT2D eigenvalue weighted by atomic mass is 16.5. The molecule has 270 valence electrons. The average molecular weight is 674 g/mol. The van der Waals surface area contributed by atoms with E-state index in [1.807, 2.05) is 69.9 Å². The van der Waals surface area contributed by atoms with Crippen LogP contribution in [0.3, 0.4) is 0 Å². The summed E-state index contributed by atoms with van der Waals surface area (Å²) in [6, 6.07) is 8.47. The normalized spacial score (nSPS) is 21.0. The number of ether oxygens (including phenoxy) is 3. The molecule has 2 aliphatic heterocycles. The zero-order valence-electron chi connectivity index (χ0n) is 30.2. The van der Waals surface area contributed by atoms with Crippen LogP contribution >= 0.6 is 0 Å². The van der Waals surface area contributed by atoms with Crippen molar-refractivity contribution in [3.8, 4) is 0 Å². The second-order valence-corrected chi connectivity index (χ2v) is 14.0. The number of hydrogen-bond acceptors (Lipinski definition) is 8. The van der Waals surface area contributed by atoms with E-state index in [2.05, 4.69) is 10.6 Å². The molecule has 48 heavy (non-hydrogen) atoms. The lowest BCUT2D eigenvalue weighted by atomic mass is 9.89. The molecule has 0 aromatic heterocycles. The van der Waals surface area contributed by atoms with E-state index < -0.39 is 41.7 Å². The quantitative estimate of drug-likeness (QED) is 0.214. The van der Waals surface area contributed by atoms with Crippen molar-refractivity contribution >= 4 is 23.6 Å². The number of carbonyl (C=O) groups excluding carboxylic acids is 4. The van der Waals surface area contributed by atoms with Crippen LogP contribution in [0.1, 0.15) is 65.9 Å². The summed E-state index contributed by atoms with van der Waals surface area (Å²) >= 11 is 0. The van der Waals surface area contributed by atoms with Crippen LogP contribution < -0.4 is 16.4 Å². The maximum Gasteiger partial charge on any atom is 0.245 e. The maximum atomic E-state index is 14.0. The van der Waals surface area contributed by atoms with E-state index in [0.717, 1.165) is 31.2 Å². The van der Waals surface area contributed by atoms with E-state index in [1.54, 1.807) is 26.2 Å². The predicted molar refractivity (Wildman–Crippen MR) is 184 cm³/mol. The van der Waals surface area contributed by atoms with E-state index in [0.29, 0.717) is 13.1 Å². The van der Waals surface area contributed by atoms with E-state index >= 15 is 0 Å². The van der Waals surface area contributed by atoms with Gasteiger partial charge < -0.3 is 40.4 Å². The fourth-order valence-electron chi connectivity index (χ4n) is 6.91. The molecule has 0 radical (unpaired) electrons. The zero-order chi connectivity index (χ0) is 35.6. The maximum absolute atomic E-state index is 14.0. The van der Waals surface area contributed by atoms with Crippen molar-refractivity contribution in [1.82, 2.24) is 20.4 Å². The molecule has 0 saturated carbocycles. The summed E-state index contributed by atoms with van der Waals surface area (Å²) in [6.07, 6.45) is 1.96. The summed E-state index contributed by atoms with van der Waals surface area (Å²) in [5.41, 5.74) is 6.16. The molecule has 12 heteroatoms.